The van der Waals surface area contributed by atoms with Crippen molar-refractivity contribution < 1.29 is 14.1 Å². The van der Waals surface area contributed by atoms with E-state index in [1.165, 1.54) is 17.0 Å². The number of nitrogens with zero attached hydrogens (tertiary/aromatic N) is 1. The molecule has 1 amide bonds. The zero-order valence-corrected chi connectivity index (χ0v) is 14.8. The Hall–Kier alpha value is -2.40. The number of carbonyl (C=O) groups is 1. The molecule has 1 unspecified atom stereocenters. The molecule has 3 rings (SSSR count). The van der Waals surface area contributed by atoms with Crippen molar-refractivity contribution in [3.63, 3.8) is 0 Å². The number of quaternary nitrogens is 1. The summed E-state index contributed by atoms with van der Waals surface area (Å²) >= 11 is 0. The Morgan fingerprint density at radius 3 is 2.44 bits per heavy atom. The lowest BCUT2D eigenvalue weighted by atomic mass is 10.0. The first-order valence-electron chi connectivity index (χ1n) is 8.89. The number of halogens is 1. The number of hydrogen-bond donors (Lipinski definition) is 2. The normalized spacial score (nSPS) is 16.7. The van der Waals surface area contributed by atoms with Crippen molar-refractivity contribution in [2.75, 3.05) is 31.5 Å². The minimum atomic E-state index is -0.280. The van der Waals surface area contributed by atoms with Crippen LogP contribution in [0, 0.1) is 5.82 Å². The molecule has 1 aliphatic heterocycles. The number of hydrogen-bond acceptors (Lipinski definition) is 2. The Balaban J connectivity index is 1.91. The van der Waals surface area contributed by atoms with Crippen LogP contribution in [0.5, 0.6) is 0 Å². The van der Waals surface area contributed by atoms with E-state index in [1.54, 1.807) is 12.1 Å². The molecule has 0 saturated heterocycles. The van der Waals surface area contributed by atoms with Gasteiger partial charge in [0.15, 0.2) is 0 Å². The fourth-order valence-electron chi connectivity index (χ4n) is 3.31. The molecule has 5 heteroatoms. The number of rotatable bonds is 6. The van der Waals surface area contributed by atoms with Crippen LogP contribution < -0.4 is 10.2 Å². The van der Waals surface area contributed by atoms with Gasteiger partial charge in [0.05, 0.1) is 31.7 Å². The summed E-state index contributed by atoms with van der Waals surface area (Å²) in [7, 11) is 0. The molecule has 0 radical (unpaired) electrons. The second kappa shape index (κ2) is 7.66. The van der Waals surface area contributed by atoms with E-state index in [2.05, 4.69) is 19.2 Å². The summed E-state index contributed by atoms with van der Waals surface area (Å²) in [6.07, 6.45) is -0.280. The Bertz CT molecular complexity index is 728. The third kappa shape index (κ3) is 3.66. The van der Waals surface area contributed by atoms with Gasteiger partial charge in [0.1, 0.15) is 12.0 Å². The Labute approximate surface area is 148 Å². The zero-order valence-electron chi connectivity index (χ0n) is 14.8. The molecule has 1 atom stereocenters. The third-order valence-electron chi connectivity index (χ3n) is 4.91. The van der Waals surface area contributed by atoms with Gasteiger partial charge in [0.25, 0.3) is 5.91 Å². The van der Waals surface area contributed by atoms with Gasteiger partial charge in [0, 0.05) is 5.69 Å². The first-order valence-corrected chi connectivity index (χ1v) is 8.89. The first kappa shape index (κ1) is 17.4. The van der Waals surface area contributed by atoms with Gasteiger partial charge < -0.3 is 15.1 Å². The number of carbonyl (C=O) groups excluding carboxylic acids is 1. The highest BCUT2D eigenvalue weighted by Crippen LogP contribution is 2.32. The molecule has 0 spiro atoms. The van der Waals surface area contributed by atoms with Gasteiger partial charge in [-0.05, 0) is 43.7 Å². The molecule has 0 saturated carbocycles. The number of benzene rings is 2. The van der Waals surface area contributed by atoms with Crippen LogP contribution in [0.1, 0.15) is 35.9 Å². The first-order chi connectivity index (χ1) is 12.1. The van der Waals surface area contributed by atoms with Crippen molar-refractivity contribution in [2.45, 2.75) is 20.0 Å². The average Bonchev–Trinajstić information content (AvgIpc) is 2.64. The van der Waals surface area contributed by atoms with Gasteiger partial charge in [-0.3, -0.25) is 4.79 Å². The van der Waals surface area contributed by atoms with Gasteiger partial charge in [-0.25, -0.2) is 4.39 Å². The van der Waals surface area contributed by atoms with E-state index in [1.807, 2.05) is 29.2 Å². The fraction of sp³-hybridized carbons (Fsp3) is 0.350. The smallest absolute Gasteiger partial charge is 0.258 e. The van der Waals surface area contributed by atoms with Crippen LogP contribution in [0.4, 0.5) is 10.1 Å². The minimum Gasteiger partial charge on any atom is -0.361 e. The summed E-state index contributed by atoms with van der Waals surface area (Å²) in [5.74, 6) is -0.249. The van der Waals surface area contributed by atoms with Crippen molar-refractivity contribution in [3.8, 4) is 0 Å². The van der Waals surface area contributed by atoms with E-state index in [0.29, 0.717) is 12.1 Å². The van der Waals surface area contributed by atoms with Crippen molar-refractivity contribution in [1.29, 1.82) is 0 Å². The van der Waals surface area contributed by atoms with E-state index in [9.17, 15) is 9.18 Å². The topological polar surface area (TPSA) is 36.8 Å². The van der Waals surface area contributed by atoms with Crippen LogP contribution >= 0.6 is 0 Å². The van der Waals surface area contributed by atoms with Crippen LogP contribution in [-0.2, 0) is 0 Å². The van der Waals surface area contributed by atoms with Crippen LogP contribution in [0.15, 0.2) is 48.5 Å². The van der Waals surface area contributed by atoms with Gasteiger partial charge in [-0.15, -0.1) is 0 Å². The number of fused-ring (bicyclic) bond motifs is 1. The van der Waals surface area contributed by atoms with E-state index < -0.39 is 0 Å². The van der Waals surface area contributed by atoms with Crippen LogP contribution in [0.25, 0.3) is 0 Å². The molecule has 4 nitrogen and oxygen atoms in total. The summed E-state index contributed by atoms with van der Waals surface area (Å²) < 4.78 is 13.3. The number of nitrogens with one attached hydrogen (secondary N) is 2. The predicted octanol–water partition coefficient (Wildman–Crippen LogP) is 2.32. The molecule has 0 fully saturated rings. The molecule has 0 bridgehead atoms. The standard InChI is InChI=1S/C20H24FN3O/c1-3-23(4-2)13-14-24-19(15-9-11-16(21)12-10-15)22-18-8-6-5-7-17(18)20(24)25/h5-12,19,22H,3-4,13-14H2,1-2H3/p+1. The molecular formula is C20H25FN3O+. The second-order valence-electron chi connectivity index (χ2n) is 6.35. The molecule has 1 heterocycles. The maximum Gasteiger partial charge on any atom is 0.258 e. The van der Waals surface area contributed by atoms with Crippen LogP contribution in [0.3, 0.4) is 0 Å². The lowest BCUT2D eigenvalue weighted by Gasteiger charge is -2.38. The third-order valence-corrected chi connectivity index (χ3v) is 4.91. The molecule has 2 N–H and O–H groups in total. The maximum atomic E-state index is 13.3. The Morgan fingerprint density at radius 1 is 1.08 bits per heavy atom. The molecular weight excluding hydrogens is 317 g/mol. The number of amides is 1. The highest BCUT2D eigenvalue weighted by Gasteiger charge is 2.33. The van der Waals surface area contributed by atoms with Gasteiger partial charge in [-0.2, -0.15) is 0 Å². The summed E-state index contributed by atoms with van der Waals surface area (Å²) in [6, 6.07) is 13.9. The Kier molecular flexibility index (Phi) is 5.34. The summed E-state index contributed by atoms with van der Waals surface area (Å²) in [5.41, 5.74) is 2.41. The number of anilines is 1. The van der Waals surface area contributed by atoms with Crippen LogP contribution in [-0.4, -0.2) is 37.0 Å². The quantitative estimate of drug-likeness (QED) is 0.845. The largest absolute Gasteiger partial charge is 0.361 e. The van der Waals surface area contributed by atoms with Crippen LogP contribution in [0.2, 0.25) is 0 Å². The predicted molar refractivity (Wildman–Crippen MR) is 97.2 cm³/mol. The van der Waals surface area contributed by atoms with Gasteiger partial charge >= 0.3 is 0 Å². The molecule has 0 aliphatic carbocycles. The second-order valence-corrected chi connectivity index (χ2v) is 6.35. The molecule has 132 valence electrons. The SMILES string of the molecule is CC[NH+](CC)CCN1C(=O)c2ccccc2NC1c1ccc(F)cc1. The number of para-hydroxylation sites is 1. The van der Waals surface area contributed by atoms with Gasteiger partial charge in [-0.1, -0.05) is 24.3 Å². The van der Waals surface area contributed by atoms with E-state index >= 15 is 0 Å². The zero-order chi connectivity index (χ0) is 17.8. The van der Waals surface area contributed by atoms with Crippen molar-refractivity contribution >= 4 is 11.6 Å². The molecule has 1 aliphatic rings. The van der Waals surface area contributed by atoms with E-state index in [-0.39, 0.29) is 17.9 Å². The van der Waals surface area contributed by atoms with Crippen molar-refractivity contribution in [3.05, 3.63) is 65.5 Å². The molecule has 2 aromatic rings. The monoisotopic (exact) mass is 342 g/mol. The summed E-state index contributed by atoms with van der Waals surface area (Å²) in [4.78, 5) is 16.4. The molecule has 25 heavy (non-hydrogen) atoms. The van der Waals surface area contributed by atoms with Gasteiger partial charge in [0.2, 0.25) is 0 Å². The maximum absolute atomic E-state index is 13.3. The lowest BCUT2D eigenvalue weighted by Crippen LogP contribution is -3.12. The van der Waals surface area contributed by atoms with Crippen molar-refractivity contribution in [1.82, 2.24) is 4.90 Å². The van der Waals surface area contributed by atoms with E-state index in [0.717, 1.165) is 30.9 Å². The summed E-state index contributed by atoms with van der Waals surface area (Å²) in [6.45, 7) is 7.91. The lowest BCUT2D eigenvalue weighted by molar-refractivity contribution is -0.895. The average molecular weight is 342 g/mol. The fourth-order valence-corrected chi connectivity index (χ4v) is 3.31. The Morgan fingerprint density at radius 2 is 1.76 bits per heavy atom. The van der Waals surface area contributed by atoms with Crippen molar-refractivity contribution in [2.24, 2.45) is 0 Å². The summed E-state index contributed by atoms with van der Waals surface area (Å²) in [5, 5.41) is 3.45. The van der Waals surface area contributed by atoms with E-state index in [4.69, 9.17) is 0 Å². The number of likely N-dealkylation sites (N-methyl/N-ethyl adjacent to an activating group) is 1. The highest BCUT2D eigenvalue weighted by atomic mass is 19.1. The molecule has 0 aromatic heterocycles. The highest BCUT2D eigenvalue weighted by molar-refractivity contribution is 6.01. The molecule has 2 aromatic carbocycles. The minimum absolute atomic E-state index is 0.0234.